The molecule has 0 aliphatic heterocycles. The third kappa shape index (κ3) is 2.86. The van der Waals surface area contributed by atoms with Gasteiger partial charge in [0.1, 0.15) is 12.0 Å². The van der Waals surface area contributed by atoms with Crippen molar-refractivity contribution in [3.8, 4) is 0 Å². The first-order valence-corrected chi connectivity index (χ1v) is 13.8. The molecule has 196 valence electrons. The first-order chi connectivity index (χ1) is 16.2. The van der Waals surface area contributed by atoms with Crippen molar-refractivity contribution >= 4 is 17.9 Å². The molecule has 0 spiro atoms. The van der Waals surface area contributed by atoms with Gasteiger partial charge in [0, 0.05) is 12.3 Å². The van der Waals surface area contributed by atoms with Crippen molar-refractivity contribution in [3.05, 3.63) is 0 Å². The van der Waals surface area contributed by atoms with Crippen LogP contribution in [0.4, 0.5) is 0 Å². The number of ether oxygens (including phenoxy) is 1. The molecule has 35 heavy (non-hydrogen) atoms. The number of carboxylic acid groups (broad SMARTS) is 2. The van der Waals surface area contributed by atoms with Gasteiger partial charge in [0.25, 0.3) is 0 Å². The van der Waals surface area contributed by atoms with Crippen LogP contribution in [0, 0.1) is 56.7 Å². The Kier molecular flexibility index (Phi) is 5.35. The first-order valence-electron chi connectivity index (χ1n) is 13.8. The zero-order valence-electron chi connectivity index (χ0n) is 22.4. The molecular weight excluding hydrogens is 444 g/mol. The number of esters is 1. The van der Waals surface area contributed by atoms with Crippen LogP contribution in [0.25, 0.3) is 0 Å². The molecule has 0 radical (unpaired) electrons. The highest BCUT2D eigenvalue weighted by atomic mass is 16.5. The fraction of sp³-hybridized carbons (Fsp3) is 0.897. The van der Waals surface area contributed by atoms with Gasteiger partial charge >= 0.3 is 17.9 Å². The third-order valence-corrected chi connectivity index (χ3v) is 13.1. The number of rotatable bonds is 3. The molecule has 5 saturated carbocycles. The lowest BCUT2D eigenvalue weighted by Crippen LogP contribution is -2.65. The van der Waals surface area contributed by atoms with Crippen molar-refractivity contribution in [3.63, 3.8) is 0 Å². The normalized spacial score (nSPS) is 51.9. The molecule has 0 saturated heterocycles. The van der Waals surface area contributed by atoms with Gasteiger partial charge in [-0.2, -0.15) is 0 Å². The molecule has 2 N–H and O–H groups in total. The van der Waals surface area contributed by atoms with Crippen molar-refractivity contribution in [2.75, 3.05) is 0 Å². The molecule has 6 heteroatoms. The minimum absolute atomic E-state index is 0.00936. The van der Waals surface area contributed by atoms with E-state index in [1.807, 2.05) is 0 Å². The van der Waals surface area contributed by atoms with E-state index in [-0.39, 0.29) is 28.6 Å². The Morgan fingerprint density at radius 1 is 0.771 bits per heavy atom. The molecule has 5 aliphatic rings. The van der Waals surface area contributed by atoms with Gasteiger partial charge in [-0.3, -0.25) is 14.4 Å². The number of fused-ring (bicyclic) bond motifs is 7. The number of aliphatic carboxylic acids is 2. The van der Waals surface area contributed by atoms with E-state index in [4.69, 9.17) is 4.74 Å². The predicted octanol–water partition coefficient (Wildman–Crippen LogP) is 5.78. The highest BCUT2D eigenvalue weighted by Gasteiger charge is 2.76. The van der Waals surface area contributed by atoms with Crippen LogP contribution < -0.4 is 0 Å². The lowest BCUT2D eigenvalue weighted by molar-refractivity contribution is -0.225. The summed E-state index contributed by atoms with van der Waals surface area (Å²) in [5.41, 5.74) is -1.53. The summed E-state index contributed by atoms with van der Waals surface area (Å²) in [5.74, 6) is -1.63. The zero-order chi connectivity index (χ0) is 25.8. The average Bonchev–Trinajstić information content (AvgIpc) is 3.25. The van der Waals surface area contributed by atoms with Crippen LogP contribution in [0.15, 0.2) is 0 Å². The molecule has 0 unspecified atom stereocenters. The van der Waals surface area contributed by atoms with Gasteiger partial charge in [-0.25, -0.2) is 0 Å². The lowest BCUT2D eigenvalue weighted by Gasteiger charge is -2.70. The van der Waals surface area contributed by atoms with E-state index in [0.717, 1.165) is 57.8 Å². The Bertz CT molecular complexity index is 957. The maximum absolute atomic E-state index is 12.9. The molecule has 0 aromatic rings. The van der Waals surface area contributed by atoms with Gasteiger partial charge in [-0.05, 0) is 91.3 Å². The minimum Gasteiger partial charge on any atom is -0.481 e. The molecule has 5 rings (SSSR count). The monoisotopic (exact) mass is 488 g/mol. The van der Waals surface area contributed by atoms with Crippen LogP contribution >= 0.6 is 0 Å². The molecular formula is C29H44O6. The van der Waals surface area contributed by atoms with Crippen LogP contribution in [0.2, 0.25) is 0 Å². The van der Waals surface area contributed by atoms with E-state index < -0.39 is 46.2 Å². The SMILES string of the molecule is CC(=O)O[C@H]1[C@@H](C(=O)O)[C@]2(C)[C@H]3CC[C@@H]4[C@H]5CCC[C@]5(C(=O)O)CC[C@@]4(C)[C@]3(C)CC[C@H]2C1(C)C. The van der Waals surface area contributed by atoms with Gasteiger partial charge in [0.15, 0.2) is 0 Å². The molecule has 0 heterocycles. The number of hydrogen-bond acceptors (Lipinski definition) is 4. The van der Waals surface area contributed by atoms with E-state index in [2.05, 4.69) is 34.6 Å². The number of carboxylic acids is 2. The number of hydrogen-bond donors (Lipinski definition) is 2. The fourth-order valence-electron chi connectivity index (χ4n) is 11.6. The summed E-state index contributed by atoms with van der Waals surface area (Å²) in [4.78, 5) is 37.5. The molecule has 0 aromatic carbocycles. The van der Waals surface area contributed by atoms with Gasteiger partial charge in [0.2, 0.25) is 0 Å². The molecule has 0 bridgehead atoms. The largest absolute Gasteiger partial charge is 0.481 e. The maximum atomic E-state index is 12.9. The molecule has 10 atom stereocenters. The fourth-order valence-corrected chi connectivity index (χ4v) is 11.6. The average molecular weight is 489 g/mol. The number of carbonyl (C=O) groups excluding carboxylic acids is 1. The smallest absolute Gasteiger partial charge is 0.310 e. The Balaban J connectivity index is 1.59. The van der Waals surface area contributed by atoms with Crippen LogP contribution in [-0.2, 0) is 19.1 Å². The Labute approximate surface area is 209 Å². The summed E-state index contributed by atoms with van der Waals surface area (Å²) in [5, 5.41) is 20.8. The van der Waals surface area contributed by atoms with E-state index >= 15 is 0 Å². The summed E-state index contributed by atoms with van der Waals surface area (Å²) < 4.78 is 5.81. The summed E-state index contributed by atoms with van der Waals surface area (Å²) >= 11 is 0. The molecule has 0 amide bonds. The van der Waals surface area contributed by atoms with Gasteiger partial charge in [-0.1, -0.05) is 41.0 Å². The van der Waals surface area contributed by atoms with Crippen LogP contribution in [0.3, 0.4) is 0 Å². The second-order valence-corrected chi connectivity index (χ2v) is 14.2. The van der Waals surface area contributed by atoms with E-state index in [9.17, 15) is 24.6 Å². The predicted molar refractivity (Wildman–Crippen MR) is 130 cm³/mol. The van der Waals surface area contributed by atoms with Crippen molar-refractivity contribution in [1.82, 2.24) is 0 Å². The third-order valence-electron chi connectivity index (χ3n) is 13.1. The molecule has 5 fully saturated rings. The second kappa shape index (κ2) is 7.47. The summed E-state index contributed by atoms with van der Waals surface area (Å²) in [6.07, 6.45) is 7.69. The van der Waals surface area contributed by atoms with Crippen molar-refractivity contribution in [2.45, 2.75) is 105 Å². The Morgan fingerprint density at radius 3 is 2.06 bits per heavy atom. The molecule has 5 aliphatic carbocycles. The second-order valence-electron chi connectivity index (χ2n) is 14.2. The van der Waals surface area contributed by atoms with Crippen molar-refractivity contribution in [2.24, 2.45) is 56.7 Å². The highest BCUT2D eigenvalue weighted by molar-refractivity contribution is 5.76. The first kappa shape index (κ1) is 25.1. The van der Waals surface area contributed by atoms with Gasteiger partial charge in [-0.15, -0.1) is 0 Å². The Morgan fingerprint density at radius 2 is 1.46 bits per heavy atom. The van der Waals surface area contributed by atoms with Crippen LogP contribution in [0.1, 0.15) is 99.3 Å². The highest BCUT2D eigenvalue weighted by Crippen LogP contribution is 2.78. The van der Waals surface area contributed by atoms with Crippen LogP contribution in [0.5, 0.6) is 0 Å². The summed E-state index contributed by atoms with van der Waals surface area (Å²) in [7, 11) is 0. The molecule has 0 aromatic heterocycles. The van der Waals surface area contributed by atoms with Crippen molar-refractivity contribution < 1.29 is 29.3 Å². The Hall–Kier alpha value is -1.59. The summed E-state index contributed by atoms with van der Waals surface area (Å²) in [6, 6.07) is 0. The quantitative estimate of drug-likeness (QED) is 0.489. The summed E-state index contributed by atoms with van der Waals surface area (Å²) in [6.45, 7) is 12.6. The van der Waals surface area contributed by atoms with E-state index in [0.29, 0.717) is 5.92 Å². The van der Waals surface area contributed by atoms with Crippen LogP contribution in [-0.4, -0.2) is 34.2 Å². The number of carbonyl (C=O) groups is 3. The van der Waals surface area contributed by atoms with Crippen molar-refractivity contribution in [1.29, 1.82) is 0 Å². The van der Waals surface area contributed by atoms with E-state index in [1.165, 1.54) is 6.92 Å². The van der Waals surface area contributed by atoms with E-state index in [1.54, 1.807) is 0 Å². The van der Waals surface area contributed by atoms with Gasteiger partial charge in [0.05, 0.1) is 5.41 Å². The van der Waals surface area contributed by atoms with Gasteiger partial charge < -0.3 is 14.9 Å². The minimum atomic E-state index is -0.852. The zero-order valence-corrected chi connectivity index (χ0v) is 22.4. The lowest BCUT2D eigenvalue weighted by atomic mass is 9.34. The topological polar surface area (TPSA) is 101 Å². The standard InChI is InChI=1S/C29H44O6/c1-16(30)35-22-21(23(31)32)28(6)19(25(22,2)3)11-13-27(5)20(28)10-9-17-18-8-7-12-29(18,24(33)34)15-14-26(17,27)4/h17-22H,7-15H2,1-6H3,(H,31,32)(H,33,34)/t17-,18-,19+,20+,21+,22+,26-,27-,28+,29+/m1/s1. The maximum Gasteiger partial charge on any atom is 0.310 e. The molecule has 6 nitrogen and oxygen atoms in total.